The molecule has 1 fully saturated rings. The van der Waals surface area contributed by atoms with Crippen LogP contribution in [0.15, 0.2) is 29.3 Å². The number of hydrogen-bond acceptors (Lipinski definition) is 8. The van der Waals surface area contributed by atoms with E-state index in [-0.39, 0.29) is 16.3 Å². The number of likely N-dealkylation sites (tertiary alicyclic amines) is 1. The van der Waals surface area contributed by atoms with Crippen LogP contribution in [0.3, 0.4) is 0 Å². The normalized spacial score (nSPS) is 15.5. The molecule has 0 radical (unpaired) electrons. The quantitative estimate of drug-likeness (QED) is 0.627. The van der Waals surface area contributed by atoms with Crippen molar-refractivity contribution in [2.75, 3.05) is 19.3 Å². The zero-order valence-corrected chi connectivity index (χ0v) is 19.1. The lowest BCUT2D eigenvalue weighted by Crippen LogP contribution is -2.43. The van der Waals surface area contributed by atoms with Gasteiger partial charge in [0.25, 0.3) is 0 Å². The van der Waals surface area contributed by atoms with Gasteiger partial charge in [-0.2, -0.15) is 0 Å². The van der Waals surface area contributed by atoms with Gasteiger partial charge >= 0.3 is 12.1 Å². The second-order valence-electron chi connectivity index (χ2n) is 8.51. The topological polar surface area (TPSA) is 121 Å². The third-order valence-corrected chi connectivity index (χ3v) is 5.77. The average Bonchev–Trinajstić information content (AvgIpc) is 3.16. The molecule has 174 valence electrons. The summed E-state index contributed by atoms with van der Waals surface area (Å²) in [5.41, 5.74) is -0.766. The summed E-state index contributed by atoms with van der Waals surface area (Å²) in [6.45, 7) is 6.14. The average molecular weight is 469 g/mol. The second kappa shape index (κ2) is 8.85. The number of benzene rings is 1. The summed E-state index contributed by atoms with van der Waals surface area (Å²) in [5.74, 6) is -1.55. The van der Waals surface area contributed by atoms with E-state index >= 15 is 0 Å². The van der Waals surface area contributed by atoms with E-state index in [1.165, 1.54) is 18.3 Å². The molecule has 0 aliphatic carbocycles. The summed E-state index contributed by atoms with van der Waals surface area (Å²) >= 11 is 0. The molecule has 2 heterocycles. The zero-order valence-electron chi connectivity index (χ0n) is 18.2. The Morgan fingerprint density at radius 2 is 1.84 bits per heavy atom. The SMILES string of the molecule is CC(C)(C)OC(=O)N1CCC(OC(=O)c2cn(-c3ccc(S(C)(=O)=O)cc3F)nn2)CC1. The Hall–Kier alpha value is -3.02. The Bertz CT molecular complexity index is 1120. The maximum atomic E-state index is 14.3. The molecule has 0 spiro atoms. The minimum Gasteiger partial charge on any atom is -0.457 e. The highest BCUT2D eigenvalue weighted by Crippen LogP contribution is 2.20. The molecule has 12 heteroatoms. The number of carbonyl (C=O) groups excluding carboxylic acids is 2. The predicted octanol–water partition coefficient (Wildman–Crippen LogP) is 2.37. The molecule has 1 aromatic carbocycles. The highest BCUT2D eigenvalue weighted by Gasteiger charge is 2.29. The van der Waals surface area contributed by atoms with Gasteiger partial charge in [0, 0.05) is 32.2 Å². The van der Waals surface area contributed by atoms with E-state index in [2.05, 4.69) is 10.3 Å². The van der Waals surface area contributed by atoms with E-state index in [0.29, 0.717) is 25.9 Å². The van der Waals surface area contributed by atoms with Crippen LogP contribution in [0.25, 0.3) is 5.69 Å². The van der Waals surface area contributed by atoms with E-state index < -0.39 is 39.4 Å². The van der Waals surface area contributed by atoms with Gasteiger partial charge in [0.2, 0.25) is 0 Å². The van der Waals surface area contributed by atoms with Gasteiger partial charge in [-0.25, -0.2) is 27.1 Å². The highest BCUT2D eigenvalue weighted by atomic mass is 32.2. The summed E-state index contributed by atoms with van der Waals surface area (Å²) in [6, 6.07) is 3.36. The van der Waals surface area contributed by atoms with Gasteiger partial charge in [-0.15, -0.1) is 5.10 Å². The highest BCUT2D eigenvalue weighted by molar-refractivity contribution is 7.90. The Morgan fingerprint density at radius 3 is 2.41 bits per heavy atom. The van der Waals surface area contributed by atoms with E-state index in [1.807, 2.05) is 0 Å². The van der Waals surface area contributed by atoms with Crippen molar-refractivity contribution in [3.05, 3.63) is 35.9 Å². The first kappa shape index (κ1) is 23.6. The van der Waals surface area contributed by atoms with E-state index in [1.54, 1.807) is 25.7 Å². The van der Waals surface area contributed by atoms with Crippen molar-refractivity contribution >= 4 is 21.9 Å². The van der Waals surface area contributed by atoms with Gasteiger partial charge in [0.15, 0.2) is 15.5 Å². The third-order valence-electron chi connectivity index (χ3n) is 4.66. The molecule has 0 unspecified atom stereocenters. The number of esters is 1. The number of carbonyl (C=O) groups is 2. The Morgan fingerprint density at radius 1 is 1.19 bits per heavy atom. The van der Waals surface area contributed by atoms with E-state index in [9.17, 15) is 22.4 Å². The summed E-state index contributed by atoms with van der Waals surface area (Å²) in [6.07, 6.45) is 2.26. The van der Waals surface area contributed by atoms with Crippen LogP contribution in [0.5, 0.6) is 0 Å². The number of ether oxygens (including phenoxy) is 2. The van der Waals surface area contributed by atoms with Crippen LogP contribution < -0.4 is 0 Å². The van der Waals surface area contributed by atoms with Crippen LogP contribution in [0.1, 0.15) is 44.1 Å². The summed E-state index contributed by atoms with van der Waals surface area (Å²) in [4.78, 5) is 25.9. The van der Waals surface area contributed by atoms with E-state index in [4.69, 9.17) is 9.47 Å². The molecule has 1 amide bonds. The van der Waals surface area contributed by atoms with Crippen LogP contribution in [0.4, 0.5) is 9.18 Å². The molecular weight excluding hydrogens is 443 g/mol. The van der Waals surface area contributed by atoms with Crippen molar-refractivity contribution in [3.8, 4) is 5.69 Å². The number of aromatic nitrogens is 3. The molecular formula is C20H25FN4O6S. The van der Waals surface area contributed by atoms with Crippen LogP contribution in [-0.2, 0) is 19.3 Å². The van der Waals surface area contributed by atoms with Crippen LogP contribution in [0.2, 0.25) is 0 Å². The standard InChI is InChI=1S/C20H25FN4O6S/c1-20(2,3)31-19(27)24-9-7-13(8-10-24)30-18(26)16-12-25(23-22-16)17-6-5-14(11-15(17)21)32(4,28)29/h5-6,11-13H,7-10H2,1-4H3. The van der Waals surface area contributed by atoms with Crippen molar-refractivity contribution in [1.82, 2.24) is 19.9 Å². The Balaban J connectivity index is 1.60. The fourth-order valence-corrected chi connectivity index (χ4v) is 3.71. The molecule has 0 atom stereocenters. The number of piperidine rings is 1. The number of hydrogen-bond donors (Lipinski definition) is 0. The van der Waals surface area contributed by atoms with Crippen LogP contribution in [0, 0.1) is 5.82 Å². The Kier molecular flexibility index (Phi) is 6.54. The number of nitrogens with zero attached hydrogens (tertiary/aromatic N) is 4. The molecule has 1 aromatic heterocycles. The zero-order chi connectivity index (χ0) is 23.7. The van der Waals surface area contributed by atoms with Gasteiger partial charge in [0.1, 0.15) is 23.2 Å². The molecule has 0 bridgehead atoms. The van der Waals surface area contributed by atoms with Crippen molar-refractivity contribution in [1.29, 1.82) is 0 Å². The van der Waals surface area contributed by atoms with Crippen molar-refractivity contribution in [2.24, 2.45) is 0 Å². The summed E-state index contributed by atoms with van der Waals surface area (Å²) in [5, 5.41) is 7.45. The monoisotopic (exact) mass is 468 g/mol. The maximum absolute atomic E-state index is 14.3. The van der Waals surface area contributed by atoms with Crippen molar-refractivity contribution in [2.45, 2.75) is 50.2 Å². The molecule has 0 saturated carbocycles. The minimum absolute atomic E-state index is 0.0605. The van der Waals surface area contributed by atoms with Gasteiger partial charge in [0.05, 0.1) is 11.1 Å². The molecule has 3 rings (SSSR count). The number of sulfone groups is 1. The lowest BCUT2D eigenvalue weighted by atomic mass is 10.1. The third kappa shape index (κ3) is 5.81. The largest absolute Gasteiger partial charge is 0.457 e. The number of halogens is 1. The first-order valence-corrected chi connectivity index (χ1v) is 11.8. The van der Waals surface area contributed by atoms with Crippen LogP contribution >= 0.6 is 0 Å². The smallest absolute Gasteiger partial charge is 0.410 e. The molecule has 32 heavy (non-hydrogen) atoms. The molecule has 0 N–H and O–H groups in total. The minimum atomic E-state index is -3.56. The molecule has 1 saturated heterocycles. The lowest BCUT2D eigenvalue weighted by Gasteiger charge is -2.33. The fourth-order valence-electron chi connectivity index (χ4n) is 3.07. The van der Waals surface area contributed by atoms with Gasteiger partial charge < -0.3 is 14.4 Å². The molecule has 1 aliphatic heterocycles. The van der Waals surface area contributed by atoms with Gasteiger partial charge in [-0.1, -0.05) is 5.21 Å². The molecule has 1 aliphatic rings. The summed E-state index contributed by atoms with van der Waals surface area (Å²) in [7, 11) is -3.56. The Labute approximate surface area is 185 Å². The molecule has 10 nitrogen and oxygen atoms in total. The first-order chi connectivity index (χ1) is 14.8. The van der Waals surface area contributed by atoms with Gasteiger partial charge in [-0.3, -0.25) is 0 Å². The van der Waals surface area contributed by atoms with Crippen LogP contribution in [-0.4, -0.2) is 71.4 Å². The fraction of sp³-hybridized carbons (Fsp3) is 0.500. The summed E-state index contributed by atoms with van der Waals surface area (Å²) < 4.78 is 49.2. The second-order valence-corrected chi connectivity index (χ2v) is 10.5. The van der Waals surface area contributed by atoms with E-state index in [0.717, 1.165) is 17.0 Å². The lowest BCUT2D eigenvalue weighted by molar-refractivity contribution is -0.00372. The maximum Gasteiger partial charge on any atom is 0.410 e. The van der Waals surface area contributed by atoms with Crippen molar-refractivity contribution < 1.29 is 31.9 Å². The molecule has 2 aromatic rings. The van der Waals surface area contributed by atoms with Gasteiger partial charge in [-0.05, 0) is 39.0 Å². The van der Waals surface area contributed by atoms with Crippen molar-refractivity contribution in [3.63, 3.8) is 0 Å². The predicted molar refractivity (Wildman–Crippen MR) is 111 cm³/mol. The number of rotatable bonds is 4. The first-order valence-electron chi connectivity index (χ1n) is 9.95. The number of amides is 1.